The highest BCUT2D eigenvalue weighted by Gasteiger charge is 2.43. The van der Waals surface area contributed by atoms with E-state index in [4.69, 9.17) is 4.74 Å². The van der Waals surface area contributed by atoms with Crippen LogP contribution in [0.15, 0.2) is 30.6 Å². The lowest BCUT2D eigenvalue weighted by Gasteiger charge is -2.31. The molecular formula is C28H26F9N5O3. The van der Waals surface area contributed by atoms with Gasteiger partial charge >= 0.3 is 18.4 Å². The molecule has 0 saturated heterocycles. The molecule has 0 bridgehead atoms. The summed E-state index contributed by atoms with van der Waals surface area (Å²) in [6, 6.07) is 0.148. The summed E-state index contributed by atoms with van der Waals surface area (Å²) in [6.07, 6.45) is -10.6. The van der Waals surface area contributed by atoms with Gasteiger partial charge in [0.2, 0.25) is 11.7 Å². The van der Waals surface area contributed by atoms with Crippen LogP contribution < -0.4 is 5.32 Å². The van der Waals surface area contributed by atoms with E-state index in [1.807, 2.05) is 0 Å². The Morgan fingerprint density at radius 3 is 2.27 bits per heavy atom. The molecule has 17 heteroatoms. The third kappa shape index (κ3) is 7.86. The number of ether oxygens (including phenoxy) is 1. The van der Waals surface area contributed by atoms with Crippen LogP contribution in [0.25, 0.3) is 11.3 Å². The lowest BCUT2D eigenvalue weighted by molar-refractivity contribution is -0.148. The SMILES string of the molecule is CC(C)(C)OC(=O)N[C@@H](CC(=O)N1CCn2c(C(F)(F)F)nc(-c3cnccc3C(F)(F)F)c2C1)Cc1cc(F)c(F)cc1F. The zero-order valence-electron chi connectivity index (χ0n) is 23.9. The highest BCUT2D eigenvalue weighted by molar-refractivity contribution is 5.79. The van der Waals surface area contributed by atoms with Gasteiger partial charge in [0.15, 0.2) is 11.6 Å². The Morgan fingerprint density at radius 1 is 0.978 bits per heavy atom. The molecule has 8 nitrogen and oxygen atoms in total. The normalized spacial score (nSPS) is 14.6. The van der Waals surface area contributed by atoms with Crippen molar-refractivity contribution in [1.29, 1.82) is 0 Å². The zero-order chi connectivity index (χ0) is 33.5. The molecule has 3 heterocycles. The van der Waals surface area contributed by atoms with Gasteiger partial charge < -0.3 is 19.5 Å². The predicted octanol–water partition coefficient (Wildman–Crippen LogP) is 6.27. The third-order valence-corrected chi connectivity index (χ3v) is 6.69. The molecule has 3 aromatic rings. The van der Waals surface area contributed by atoms with Crippen LogP contribution in [0.5, 0.6) is 0 Å². The maximum atomic E-state index is 14.4. The summed E-state index contributed by atoms with van der Waals surface area (Å²) in [5, 5.41) is 2.37. The van der Waals surface area contributed by atoms with Gasteiger partial charge in [-0.3, -0.25) is 9.78 Å². The number of imidazole rings is 1. The number of benzene rings is 1. The second kappa shape index (κ2) is 12.2. The van der Waals surface area contributed by atoms with E-state index in [2.05, 4.69) is 15.3 Å². The summed E-state index contributed by atoms with van der Waals surface area (Å²) in [7, 11) is 0. The van der Waals surface area contributed by atoms with Crippen LogP contribution in [0.3, 0.4) is 0 Å². The zero-order valence-corrected chi connectivity index (χ0v) is 23.9. The largest absolute Gasteiger partial charge is 0.449 e. The first-order valence-corrected chi connectivity index (χ1v) is 13.3. The first-order valence-electron chi connectivity index (χ1n) is 13.3. The molecule has 0 saturated carbocycles. The van der Waals surface area contributed by atoms with Crippen LogP contribution >= 0.6 is 0 Å². The number of alkyl halides is 6. The Labute approximate surface area is 250 Å². The molecule has 2 aromatic heterocycles. The quantitative estimate of drug-likeness (QED) is 0.251. The molecule has 1 aromatic carbocycles. The average molecular weight is 652 g/mol. The molecule has 1 aliphatic rings. The summed E-state index contributed by atoms with van der Waals surface area (Å²) in [5.41, 5.74) is -4.42. The smallest absolute Gasteiger partial charge is 0.444 e. The van der Waals surface area contributed by atoms with Gasteiger partial charge in [-0.1, -0.05) is 0 Å². The molecule has 244 valence electrons. The van der Waals surface area contributed by atoms with Crippen LogP contribution in [0.1, 0.15) is 49.8 Å². The fraction of sp³-hybridized carbons (Fsp3) is 0.429. The number of nitrogens with one attached hydrogen (secondary N) is 1. The lowest BCUT2D eigenvalue weighted by atomic mass is 10.0. The average Bonchev–Trinajstić information content (AvgIpc) is 3.29. The second-order valence-corrected chi connectivity index (χ2v) is 11.2. The Morgan fingerprint density at radius 2 is 1.64 bits per heavy atom. The molecular weight excluding hydrogens is 625 g/mol. The van der Waals surface area contributed by atoms with E-state index in [-0.39, 0.29) is 18.3 Å². The Bertz CT molecular complexity index is 1600. The van der Waals surface area contributed by atoms with Crippen molar-refractivity contribution in [3.05, 3.63) is 70.7 Å². The summed E-state index contributed by atoms with van der Waals surface area (Å²) < 4.78 is 130. The number of fused-ring (bicyclic) bond motifs is 1. The predicted molar refractivity (Wildman–Crippen MR) is 139 cm³/mol. The van der Waals surface area contributed by atoms with Crippen molar-refractivity contribution in [3.8, 4) is 11.3 Å². The number of nitrogens with zero attached hydrogens (tertiary/aromatic N) is 4. The van der Waals surface area contributed by atoms with E-state index in [0.717, 1.165) is 17.3 Å². The van der Waals surface area contributed by atoms with E-state index in [1.54, 1.807) is 0 Å². The van der Waals surface area contributed by atoms with Gasteiger partial charge in [-0.2, -0.15) is 26.3 Å². The molecule has 0 aliphatic carbocycles. The minimum absolute atomic E-state index is 0.288. The van der Waals surface area contributed by atoms with E-state index in [0.29, 0.717) is 16.7 Å². The molecule has 0 unspecified atom stereocenters. The molecule has 45 heavy (non-hydrogen) atoms. The van der Waals surface area contributed by atoms with E-state index < -0.39 is 108 Å². The van der Waals surface area contributed by atoms with Crippen molar-refractivity contribution >= 4 is 12.0 Å². The third-order valence-electron chi connectivity index (χ3n) is 6.69. The highest BCUT2D eigenvalue weighted by Crippen LogP contribution is 2.41. The first-order chi connectivity index (χ1) is 20.7. The van der Waals surface area contributed by atoms with Crippen LogP contribution in [-0.4, -0.2) is 49.6 Å². The number of rotatable bonds is 6. The maximum absolute atomic E-state index is 14.4. The van der Waals surface area contributed by atoms with Crippen molar-refractivity contribution in [2.75, 3.05) is 6.54 Å². The molecule has 1 atom stereocenters. The molecule has 0 fully saturated rings. The van der Waals surface area contributed by atoms with E-state index >= 15 is 0 Å². The summed E-state index contributed by atoms with van der Waals surface area (Å²) >= 11 is 0. The van der Waals surface area contributed by atoms with Crippen LogP contribution in [0.2, 0.25) is 0 Å². The molecule has 4 rings (SSSR count). The fourth-order valence-electron chi connectivity index (χ4n) is 4.82. The number of pyridine rings is 1. The minimum Gasteiger partial charge on any atom is -0.444 e. The van der Waals surface area contributed by atoms with Gasteiger partial charge in [-0.05, 0) is 44.9 Å². The van der Waals surface area contributed by atoms with Gasteiger partial charge in [0.05, 0.1) is 23.5 Å². The van der Waals surface area contributed by atoms with Crippen LogP contribution in [0.4, 0.5) is 44.3 Å². The molecule has 0 radical (unpaired) electrons. The minimum atomic E-state index is -5.04. The van der Waals surface area contributed by atoms with Crippen molar-refractivity contribution in [3.63, 3.8) is 0 Å². The Hall–Kier alpha value is -4.31. The monoisotopic (exact) mass is 651 g/mol. The second-order valence-electron chi connectivity index (χ2n) is 11.2. The number of aromatic nitrogens is 3. The van der Waals surface area contributed by atoms with Crippen molar-refractivity contribution in [2.45, 2.75) is 70.7 Å². The molecule has 0 spiro atoms. The topological polar surface area (TPSA) is 89.4 Å². The van der Waals surface area contributed by atoms with Gasteiger partial charge in [0.1, 0.15) is 11.4 Å². The number of carbonyl (C=O) groups is 2. The van der Waals surface area contributed by atoms with Gasteiger partial charge in [-0.25, -0.2) is 22.9 Å². The standard InChI is InChI=1S/C28H26F9N5O3/c1-26(2,3)45-25(44)39-15(8-14-9-19(30)20(31)11-18(14)29)10-22(43)41-6-7-42-21(13-41)23(40-24(42)28(35,36)37)16-12-38-5-4-17(16)27(32,33)34/h4-5,9,11-12,15H,6-8,10,13H2,1-3H3,(H,39,44)/t15-/m1/s1. The van der Waals surface area contributed by atoms with Crippen molar-refractivity contribution in [2.24, 2.45) is 0 Å². The van der Waals surface area contributed by atoms with Gasteiger partial charge in [0.25, 0.3) is 0 Å². The van der Waals surface area contributed by atoms with E-state index in [1.165, 1.54) is 20.8 Å². The Kier molecular flexibility index (Phi) is 9.13. The number of alkyl carbamates (subject to hydrolysis) is 1. The molecule has 1 N–H and O–H groups in total. The molecule has 1 aliphatic heterocycles. The van der Waals surface area contributed by atoms with Crippen LogP contribution in [0, 0.1) is 17.5 Å². The Balaban J connectivity index is 1.66. The fourth-order valence-corrected chi connectivity index (χ4v) is 4.82. The summed E-state index contributed by atoms with van der Waals surface area (Å²) in [6.45, 7) is 3.19. The maximum Gasteiger partial charge on any atom is 0.449 e. The summed E-state index contributed by atoms with van der Waals surface area (Å²) in [5.74, 6) is -6.28. The number of hydrogen-bond donors (Lipinski definition) is 1. The van der Waals surface area contributed by atoms with Crippen LogP contribution in [-0.2, 0) is 41.4 Å². The first kappa shape index (κ1) is 33.6. The number of hydrogen-bond acceptors (Lipinski definition) is 5. The highest BCUT2D eigenvalue weighted by atomic mass is 19.4. The number of halogens is 9. The van der Waals surface area contributed by atoms with Gasteiger partial charge in [-0.15, -0.1) is 0 Å². The summed E-state index contributed by atoms with van der Waals surface area (Å²) in [4.78, 5) is 34.1. The molecule has 2 amide bonds. The lowest BCUT2D eigenvalue weighted by Crippen LogP contribution is -2.45. The number of amides is 2. The van der Waals surface area contributed by atoms with Crippen molar-refractivity contribution < 1.29 is 53.8 Å². The number of carbonyl (C=O) groups excluding carboxylic acids is 2. The van der Waals surface area contributed by atoms with Crippen molar-refractivity contribution in [1.82, 2.24) is 24.8 Å². The van der Waals surface area contributed by atoms with E-state index in [9.17, 15) is 49.1 Å². The van der Waals surface area contributed by atoms with Gasteiger partial charge in [0, 0.05) is 49.6 Å².